The first-order valence-corrected chi connectivity index (χ1v) is 13.6. The minimum absolute atomic E-state index is 0.0696. The second-order valence-electron chi connectivity index (χ2n) is 12.8. The van der Waals surface area contributed by atoms with E-state index in [9.17, 15) is 4.79 Å². The standard InChI is InChI=1S/C29H45N3O/c1-19(32(4)5)24-8-9-25-23-7-6-21-18-22(31-27(33)20-12-16-30-17-13-20)10-14-28(21,2)26(23)11-15-29(24,25)3/h12-13,16-17,19,21-26H,6-11,14-15,18H2,1-5H3,(H,31,33)/t19-,21-,22+,23+,24+,25+,26-,28+,29-/m1/s1. The molecule has 33 heavy (non-hydrogen) atoms. The number of nitrogens with one attached hydrogen (secondary N) is 1. The Morgan fingerprint density at radius 1 is 1.00 bits per heavy atom. The van der Waals surface area contributed by atoms with Crippen molar-refractivity contribution in [3.05, 3.63) is 30.1 Å². The summed E-state index contributed by atoms with van der Waals surface area (Å²) in [7, 11) is 4.54. The van der Waals surface area contributed by atoms with Crippen molar-refractivity contribution >= 4 is 5.91 Å². The molecular formula is C29H45N3O. The van der Waals surface area contributed by atoms with Crippen molar-refractivity contribution < 1.29 is 4.79 Å². The van der Waals surface area contributed by atoms with Gasteiger partial charge in [0.15, 0.2) is 0 Å². The quantitative estimate of drug-likeness (QED) is 0.630. The smallest absolute Gasteiger partial charge is 0.251 e. The first kappa shape index (κ1) is 23.3. The number of rotatable bonds is 4. The highest BCUT2D eigenvalue weighted by molar-refractivity contribution is 5.94. The van der Waals surface area contributed by atoms with Gasteiger partial charge in [0.1, 0.15) is 0 Å². The molecule has 1 amide bonds. The number of aromatic nitrogens is 1. The van der Waals surface area contributed by atoms with Gasteiger partial charge in [0.2, 0.25) is 0 Å². The zero-order chi connectivity index (χ0) is 23.4. The number of carbonyl (C=O) groups is 1. The Kier molecular flexibility index (Phi) is 6.12. The molecule has 4 fully saturated rings. The first-order valence-electron chi connectivity index (χ1n) is 13.6. The summed E-state index contributed by atoms with van der Waals surface area (Å²) in [5.74, 6) is 4.41. The SMILES string of the molecule is C[C@H]([C@@H]1CC[C@H]2[C@@H]3CC[C@@H]4C[C@@H](NC(=O)c5ccncc5)CC[C@]4(C)[C@@H]3CC[C@@]21C)N(C)C. The van der Waals surface area contributed by atoms with Gasteiger partial charge in [0.05, 0.1) is 0 Å². The van der Waals surface area contributed by atoms with Crippen molar-refractivity contribution in [1.82, 2.24) is 15.2 Å². The molecule has 0 radical (unpaired) electrons. The van der Waals surface area contributed by atoms with Gasteiger partial charge in [-0.3, -0.25) is 9.78 Å². The van der Waals surface area contributed by atoms with Crippen LogP contribution in [0.4, 0.5) is 0 Å². The highest BCUT2D eigenvalue weighted by Gasteiger charge is 2.60. The van der Waals surface area contributed by atoms with E-state index in [0.29, 0.717) is 22.9 Å². The summed E-state index contributed by atoms with van der Waals surface area (Å²) in [5, 5.41) is 3.36. The van der Waals surface area contributed by atoms with Gasteiger partial charge in [0.25, 0.3) is 5.91 Å². The normalized spacial score (nSPS) is 43.3. The summed E-state index contributed by atoms with van der Waals surface area (Å²) >= 11 is 0. The van der Waals surface area contributed by atoms with Gasteiger partial charge in [-0.05, 0) is 131 Å². The van der Waals surface area contributed by atoms with E-state index >= 15 is 0 Å². The maximum Gasteiger partial charge on any atom is 0.251 e. The van der Waals surface area contributed by atoms with Gasteiger partial charge in [-0.15, -0.1) is 0 Å². The lowest BCUT2D eigenvalue weighted by Gasteiger charge is -2.61. The third kappa shape index (κ3) is 3.85. The highest BCUT2D eigenvalue weighted by atomic mass is 16.1. The fourth-order valence-corrected chi connectivity index (χ4v) is 9.35. The van der Waals surface area contributed by atoms with E-state index in [2.05, 4.69) is 50.1 Å². The molecule has 4 saturated carbocycles. The summed E-state index contributed by atoms with van der Waals surface area (Å²) in [5.41, 5.74) is 1.73. The fourth-order valence-electron chi connectivity index (χ4n) is 9.35. The number of hydrogen-bond acceptors (Lipinski definition) is 3. The summed E-state index contributed by atoms with van der Waals surface area (Å²) in [6.45, 7) is 7.75. The Bertz CT molecular complexity index is 856. The van der Waals surface area contributed by atoms with Gasteiger partial charge in [-0.25, -0.2) is 0 Å². The van der Waals surface area contributed by atoms with E-state index in [1.54, 1.807) is 12.4 Å². The van der Waals surface area contributed by atoms with Crippen molar-refractivity contribution in [3.8, 4) is 0 Å². The predicted octanol–water partition coefficient (Wildman–Crippen LogP) is 5.79. The van der Waals surface area contributed by atoms with Crippen LogP contribution in [0.2, 0.25) is 0 Å². The molecule has 0 unspecified atom stereocenters. The van der Waals surface area contributed by atoms with Crippen LogP contribution in [0, 0.1) is 40.4 Å². The maximum atomic E-state index is 12.7. The third-order valence-corrected chi connectivity index (χ3v) is 11.4. The molecule has 0 saturated heterocycles. The molecule has 0 aliphatic heterocycles. The molecule has 0 bridgehead atoms. The van der Waals surface area contributed by atoms with Gasteiger partial charge in [0, 0.05) is 30.0 Å². The van der Waals surface area contributed by atoms with E-state index in [-0.39, 0.29) is 5.91 Å². The van der Waals surface area contributed by atoms with Crippen LogP contribution in [0.5, 0.6) is 0 Å². The van der Waals surface area contributed by atoms with Gasteiger partial charge < -0.3 is 10.2 Å². The van der Waals surface area contributed by atoms with Crippen LogP contribution in [0.15, 0.2) is 24.5 Å². The van der Waals surface area contributed by atoms with E-state index in [0.717, 1.165) is 41.6 Å². The van der Waals surface area contributed by atoms with Crippen LogP contribution in [-0.2, 0) is 0 Å². The lowest BCUT2D eigenvalue weighted by Crippen LogP contribution is -2.56. The summed E-state index contributed by atoms with van der Waals surface area (Å²) in [4.78, 5) is 19.2. The predicted molar refractivity (Wildman–Crippen MR) is 134 cm³/mol. The second-order valence-corrected chi connectivity index (χ2v) is 12.8. The Morgan fingerprint density at radius 2 is 1.70 bits per heavy atom. The van der Waals surface area contributed by atoms with E-state index in [1.807, 2.05) is 12.1 Å². The molecule has 9 atom stereocenters. The molecule has 182 valence electrons. The van der Waals surface area contributed by atoms with Crippen molar-refractivity contribution in [2.45, 2.75) is 90.6 Å². The molecule has 1 heterocycles. The zero-order valence-corrected chi connectivity index (χ0v) is 21.5. The molecule has 1 aromatic rings. The van der Waals surface area contributed by atoms with E-state index < -0.39 is 0 Å². The van der Waals surface area contributed by atoms with Crippen molar-refractivity contribution in [2.75, 3.05) is 14.1 Å². The van der Waals surface area contributed by atoms with Crippen LogP contribution in [0.25, 0.3) is 0 Å². The molecule has 0 aromatic carbocycles. The minimum Gasteiger partial charge on any atom is -0.349 e. The van der Waals surface area contributed by atoms with Gasteiger partial charge in [-0.1, -0.05) is 13.8 Å². The highest BCUT2D eigenvalue weighted by Crippen LogP contribution is 2.67. The second kappa shape index (κ2) is 8.66. The first-order chi connectivity index (χ1) is 15.7. The number of carbonyl (C=O) groups excluding carboxylic acids is 1. The molecule has 1 N–H and O–H groups in total. The molecule has 4 nitrogen and oxygen atoms in total. The largest absolute Gasteiger partial charge is 0.349 e. The molecule has 1 aromatic heterocycles. The average molecular weight is 452 g/mol. The lowest BCUT2D eigenvalue weighted by molar-refractivity contribution is -0.117. The third-order valence-electron chi connectivity index (χ3n) is 11.4. The molecule has 4 heteroatoms. The van der Waals surface area contributed by atoms with Crippen molar-refractivity contribution in [3.63, 3.8) is 0 Å². The number of pyridine rings is 1. The monoisotopic (exact) mass is 451 g/mol. The Hall–Kier alpha value is -1.42. The van der Waals surface area contributed by atoms with Crippen molar-refractivity contribution in [1.29, 1.82) is 0 Å². The lowest BCUT2D eigenvalue weighted by atomic mass is 9.44. The zero-order valence-electron chi connectivity index (χ0n) is 21.5. The minimum atomic E-state index is 0.0696. The summed E-state index contributed by atoms with van der Waals surface area (Å²) in [6.07, 6.45) is 15.5. The number of nitrogens with zero attached hydrogens (tertiary/aromatic N) is 2. The van der Waals surface area contributed by atoms with Gasteiger partial charge in [-0.2, -0.15) is 0 Å². The van der Waals surface area contributed by atoms with Crippen LogP contribution in [-0.4, -0.2) is 42.0 Å². The topological polar surface area (TPSA) is 45.2 Å². The molecule has 5 rings (SSSR count). The Labute approximate surface area is 201 Å². The number of hydrogen-bond donors (Lipinski definition) is 1. The molecule has 4 aliphatic rings. The van der Waals surface area contributed by atoms with Crippen LogP contribution in [0.1, 0.15) is 88.9 Å². The Balaban J connectivity index is 1.27. The van der Waals surface area contributed by atoms with E-state index in [4.69, 9.17) is 0 Å². The van der Waals surface area contributed by atoms with Crippen LogP contribution in [0.3, 0.4) is 0 Å². The van der Waals surface area contributed by atoms with Gasteiger partial charge >= 0.3 is 0 Å². The number of amides is 1. The summed E-state index contributed by atoms with van der Waals surface area (Å²) < 4.78 is 0. The molecule has 4 aliphatic carbocycles. The molecular weight excluding hydrogens is 406 g/mol. The fraction of sp³-hybridized carbons (Fsp3) is 0.793. The Morgan fingerprint density at radius 3 is 2.42 bits per heavy atom. The summed E-state index contributed by atoms with van der Waals surface area (Å²) in [6, 6.07) is 4.64. The average Bonchev–Trinajstić information content (AvgIpc) is 3.16. The number of fused-ring (bicyclic) bond motifs is 5. The maximum absolute atomic E-state index is 12.7. The molecule has 0 spiro atoms. The van der Waals surface area contributed by atoms with Crippen molar-refractivity contribution in [2.24, 2.45) is 40.4 Å². The van der Waals surface area contributed by atoms with Crippen LogP contribution >= 0.6 is 0 Å². The van der Waals surface area contributed by atoms with E-state index in [1.165, 1.54) is 51.4 Å². The van der Waals surface area contributed by atoms with Crippen LogP contribution < -0.4 is 5.32 Å².